The number of rotatable bonds is 4. The lowest BCUT2D eigenvalue weighted by atomic mass is 10.0. The van der Waals surface area contributed by atoms with Gasteiger partial charge in [-0.1, -0.05) is 32.0 Å². The van der Waals surface area contributed by atoms with Crippen molar-refractivity contribution in [2.24, 2.45) is 0 Å². The van der Waals surface area contributed by atoms with Gasteiger partial charge in [-0.2, -0.15) is 0 Å². The Morgan fingerprint density at radius 2 is 1.88 bits per heavy atom. The normalized spacial score (nSPS) is 14.2. The zero-order chi connectivity index (χ0) is 18.9. The topological polar surface area (TPSA) is 66.5 Å². The molecule has 0 fully saturated rings. The monoisotopic (exact) mass is 372 g/mol. The van der Waals surface area contributed by atoms with Gasteiger partial charge in [-0.25, -0.2) is 8.42 Å². The molecule has 0 aliphatic carbocycles. The van der Waals surface area contributed by atoms with Crippen molar-refractivity contribution in [3.63, 3.8) is 0 Å². The number of aryl methyl sites for hydroxylation is 1. The quantitative estimate of drug-likeness (QED) is 0.885. The summed E-state index contributed by atoms with van der Waals surface area (Å²) in [5.74, 6) is 0.187. The molecule has 1 amide bonds. The van der Waals surface area contributed by atoms with Crippen molar-refractivity contribution >= 4 is 27.3 Å². The molecule has 138 valence electrons. The molecule has 26 heavy (non-hydrogen) atoms. The molecule has 2 aromatic rings. The number of benzene rings is 2. The van der Waals surface area contributed by atoms with Crippen molar-refractivity contribution < 1.29 is 13.2 Å². The summed E-state index contributed by atoms with van der Waals surface area (Å²) in [6, 6.07) is 12.4. The summed E-state index contributed by atoms with van der Waals surface area (Å²) in [5.41, 5.74) is 3.26. The zero-order valence-electron chi connectivity index (χ0n) is 15.3. The molecule has 1 heterocycles. The molecule has 0 radical (unpaired) electrons. The lowest BCUT2D eigenvalue weighted by Gasteiger charge is -2.29. The van der Waals surface area contributed by atoms with Gasteiger partial charge >= 0.3 is 0 Å². The molecule has 0 spiro atoms. The van der Waals surface area contributed by atoms with Crippen LogP contribution in [-0.2, 0) is 21.2 Å². The van der Waals surface area contributed by atoms with Gasteiger partial charge in [-0.05, 0) is 54.2 Å². The molecule has 1 aliphatic heterocycles. The van der Waals surface area contributed by atoms with E-state index in [1.54, 1.807) is 29.2 Å². The van der Waals surface area contributed by atoms with Crippen molar-refractivity contribution in [2.75, 3.05) is 16.2 Å². The van der Waals surface area contributed by atoms with E-state index in [1.165, 1.54) is 6.92 Å². The van der Waals surface area contributed by atoms with Crippen LogP contribution in [0.1, 0.15) is 44.2 Å². The van der Waals surface area contributed by atoms with Crippen LogP contribution < -0.4 is 9.62 Å². The Morgan fingerprint density at radius 1 is 1.15 bits per heavy atom. The zero-order valence-corrected chi connectivity index (χ0v) is 16.1. The van der Waals surface area contributed by atoms with Gasteiger partial charge < -0.3 is 4.90 Å². The highest BCUT2D eigenvalue weighted by Gasteiger charge is 2.23. The number of hydrogen-bond acceptors (Lipinski definition) is 3. The molecule has 3 rings (SSSR count). The van der Waals surface area contributed by atoms with Gasteiger partial charge in [0.05, 0.1) is 10.6 Å². The average Bonchev–Trinajstić information content (AvgIpc) is 2.60. The molecule has 0 unspecified atom stereocenters. The van der Waals surface area contributed by atoms with Crippen LogP contribution in [0.15, 0.2) is 47.4 Å². The SMILES string of the molecule is CC(=O)N1CCCc2cc(S(=O)(=O)Nc3ccccc3C(C)C)ccc21. The van der Waals surface area contributed by atoms with Crippen LogP contribution in [0.25, 0.3) is 0 Å². The van der Waals surface area contributed by atoms with Gasteiger partial charge in [-0.15, -0.1) is 0 Å². The summed E-state index contributed by atoms with van der Waals surface area (Å²) in [4.78, 5) is 13.7. The number of hydrogen-bond donors (Lipinski definition) is 1. The third-order valence-corrected chi connectivity index (χ3v) is 6.05. The third-order valence-electron chi connectivity index (χ3n) is 4.69. The Labute approximate surface area is 155 Å². The Kier molecular flexibility index (Phi) is 5.05. The molecule has 2 aromatic carbocycles. The first-order chi connectivity index (χ1) is 12.3. The number of carbonyl (C=O) groups excluding carboxylic acids is 1. The maximum absolute atomic E-state index is 12.9. The van der Waals surface area contributed by atoms with E-state index in [0.29, 0.717) is 12.2 Å². The van der Waals surface area contributed by atoms with E-state index >= 15 is 0 Å². The second-order valence-corrected chi connectivity index (χ2v) is 8.59. The van der Waals surface area contributed by atoms with E-state index in [2.05, 4.69) is 4.72 Å². The average molecular weight is 372 g/mol. The van der Waals surface area contributed by atoms with Crippen molar-refractivity contribution in [1.29, 1.82) is 0 Å². The Morgan fingerprint density at radius 3 is 2.58 bits per heavy atom. The fourth-order valence-corrected chi connectivity index (χ4v) is 4.50. The standard InChI is InChI=1S/C20H24N2O3S/c1-14(2)18-8-4-5-9-19(18)21-26(24,25)17-10-11-20-16(13-17)7-6-12-22(20)15(3)23/h4-5,8-11,13-14,21H,6-7,12H2,1-3H3. The third kappa shape index (κ3) is 3.60. The number of anilines is 2. The summed E-state index contributed by atoms with van der Waals surface area (Å²) >= 11 is 0. The van der Waals surface area contributed by atoms with Crippen LogP contribution in [-0.4, -0.2) is 20.9 Å². The number of fused-ring (bicyclic) bond motifs is 1. The lowest BCUT2D eigenvalue weighted by molar-refractivity contribution is -0.116. The molecular formula is C20H24N2O3S. The minimum absolute atomic E-state index is 0.0226. The smallest absolute Gasteiger partial charge is 0.261 e. The minimum atomic E-state index is -3.69. The predicted octanol–water partition coefficient (Wildman–Crippen LogP) is 3.91. The van der Waals surface area contributed by atoms with Crippen LogP contribution in [0.5, 0.6) is 0 Å². The molecule has 0 saturated carbocycles. The maximum Gasteiger partial charge on any atom is 0.261 e. The van der Waals surface area contributed by atoms with E-state index in [9.17, 15) is 13.2 Å². The first-order valence-electron chi connectivity index (χ1n) is 8.82. The van der Waals surface area contributed by atoms with E-state index < -0.39 is 10.0 Å². The molecule has 1 N–H and O–H groups in total. The highest BCUT2D eigenvalue weighted by molar-refractivity contribution is 7.92. The van der Waals surface area contributed by atoms with Crippen LogP contribution >= 0.6 is 0 Å². The largest absolute Gasteiger partial charge is 0.312 e. The number of nitrogens with one attached hydrogen (secondary N) is 1. The van der Waals surface area contributed by atoms with Crippen LogP contribution in [0.3, 0.4) is 0 Å². The number of carbonyl (C=O) groups is 1. The predicted molar refractivity (Wildman–Crippen MR) is 104 cm³/mol. The highest BCUT2D eigenvalue weighted by Crippen LogP contribution is 2.31. The molecule has 1 aliphatic rings. The van der Waals surface area contributed by atoms with Crippen LogP contribution in [0.4, 0.5) is 11.4 Å². The summed E-state index contributed by atoms with van der Waals surface area (Å²) in [6.07, 6.45) is 1.60. The van der Waals surface area contributed by atoms with E-state index in [1.807, 2.05) is 32.0 Å². The Hall–Kier alpha value is -2.34. The van der Waals surface area contributed by atoms with Gasteiger partial charge in [0.15, 0.2) is 0 Å². The van der Waals surface area contributed by atoms with Gasteiger partial charge in [0.25, 0.3) is 10.0 Å². The van der Waals surface area contributed by atoms with E-state index in [-0.39, 0.29) is 16.7 Å². The molecule has 0 saturated heterocycles. The first kappa shape index (κ1) is 18.5. The minimum Gasteiger partial charge on any atom is -0.312 e. The van der Waals surface area contributed by atoms with E-state index in [4.69, 9.17) is 0 Å². The van der Waals surface area contributed by atoms with Gasteiger partial charge in [0, 0.05) is 19.2 Å². The second-order valence-electron chi connectivity index (χ2n) is 6.91. The molecule has 0 bridgehead atoms. The summed E-state index contributed by atoms with van der Waals surface area (Å²) in [7, 11) is -3.69. The lowest BCUT2D eigenvalue weighted by Crippen LogP contribution is -2.33. The molecule has 0 atom stereocenters. The maximum atomic E-state index is 12.9. The van der Waals surface area contributed by atoms with Crippen LogP contribution in [0, 0.1) is 0 Å². The first-order valence-corrected chi connectivity index (χ1v) is 10.3. The van der Waals surface area contributed by atoms with E-state index in [0.717, 1.165) is 29.7 Å². The Bertz CT molecular complexity index is 936. The summed E-state index contributed by atoms with van der Waals surface area (Å²) in [6.45, 7) is 6.27. The molecule has 0 aromatic heterocycles. The summed E-state index contributed by atoms with van der Waals surface area (Å²) < 4.78 is 28.5. The van der Waals surface area contributed by atoms with Gasteiger partial charge in [0.2, 0.25) is 5.91 Å². The summed E-state index contributed by atoms with van der Waals surface area (Å²) in [5, 5.41) is 0. The number of amides is 1. The fourth-order valence-electron chi connectivity index (χ4n) is 3.36. The number of nitrogens with zero attached hydrogens (tertiary/aromatic N) is 1. The van der Waals surface area contributed by atoms with Crippen molar-refractivity contribution in [2.45, 2.75) is 44.4 Å². The molecule has 5 nitrogen and oxygen atoms in total. The molecular weight excluding hydrogens is 348 g/mol. The van der Waals surface area contributed by atoms with Crippen molar-refractivity contribution in [3.8, 4) is 0 Å². The van der Waals surface area contributed by atoms with Crippen molar-refractivity contribution in [3.05, 3.63) is 53.6 Å². The van der Waals surface area contributed by atoms with Crippen LogP contribution in [0.2, 0.25) is 0 Å². The molecule has 6 heteroatoms. The van der Waals surface area contributed by atoms with Gasteiger partial charge in [0.1, 0.15) is 0 Å². The fraction of sp³-hybridized carbons (Fsp3) is 0.350. The van der Waals surface area contributed by atoms with Gasteiger partial charge in [-0.3, -0.25) is 9.52 Å². The Balaban J connectivity index is 1.95. The second kappa shape index (κ2) is 7.11. The highest BCUT2D eigenvalue weighted by atomic mass is 32.2. The van der Waals surface area contributed by atoms with Crippen molar-refractivity contribution in [1.82, 2.24) is 0 Å². The number of para-hydroxylation sites is 1. The number of sulfonamides is 1.